The van der Waals surface area contributed by atoms with E-state index in [1.165, 1.54) is 0 Å². The molecule has 0 aromatic carbocycles. The van der Waals surface area contributed by atoms with Crippen LogP contribution in [0.4, 0.5) is 0 Å². The zero-order valence-electron chi connectivity index (χ0n) is 10.7. The van der Waals surface area contributed by atoms with Crippen LogP contribution < -0.4 is 0 Å². The van der Waals surface area contributed by atoms with E-state index in [4.69, 9.17) is 6.42 Å². The number of hydrogen-bond donors (Lipinski definition) is 1. The molecule has 1 aliphatic rings. The Morgan fingerprint density at radius 2 is 2.35 bits per heavy atom. The van der Waals surface area contributed by atoms with Gasteiger partial charge in [0.15, 0.2) is 0 Å². The molecule has 3 heteroatoms. The molecular weight excluding hydrogens is 214 g/mol. The van der Waals surface area contributed by atoms with Crippen LogP contribution in [-0.2, 0) is 4.79 Å². The van der Waals surface area contributed by atoms with Crippen molar-refractivity contribution in [3.05, 3.63) is 0 Å². The van der Waals surface area contributed by atoms with Crippen LogP contribution in [0.1, 0.15) is 45.4 Å². The number of likely N-dealkylation sites (tertiary alicyclic amines) is 1. The van der Waals surface area contributed by atoms with E-state index in [-0.39, 0.29) is 0 Å². The van der Waals surface area contributed by atoms with E-state index >= 15 is 0 Å². The quantitative estimate of drug-likeness (QED) is 0.569. The first kappa shape index (κ1) is 14.1. The van der Waals surface area contributed by atoms with Crippen molar-refractivity contribution in [3.63, 3.8) is 0 Å². The fourth-order valence-electron chi connectivity index (χ4n) is 2.79. The molecule has 1 fully saturated rings. The van der Waals surface area contributed by atoms with Gasteiger partial charge in [0.1, 0.15) is 0 Å². The first-order valence-corrected chi connectivity index (χ1v) is 6.54. The Balaban J connectivity index is 2.56. The maximum atomic E-state index is 11.5. The van der Waals surface area contributed by atoms with Gasteiger partial charge in [-0.05, 0) is 38.8 Å². The Labute approximate surface area is 104 Å². The largest absolute Gasteiger partial charge is 0.481 e. The highest BCUT2D eigenvalue weighted by molar-refractivity contribution is 5.75. The minimum Gasteiger partial charge on any atom is -0.481 e. The summed E-state index contributed by atoms with van der Waals surface area (Å²) in [4.78, 5) is 13.8. The summed E-state index contributed by atoms with van der Waals surface area (Å²) in [6, 6.07) is 0. The summed E-state index contributed by atoms with van der Waals surface area (Å²) in [5.41, 5.74) is -0.511. The fraction of sp³-hybridized carbons (Fsp3) is 0.786. The highest BCUT2D eigenvalue weighted by Gasteiger charge is 2.41. The number of hydrogen-bond acceptors (Lipinski definition) is 2. The van der Waals surface area contributed by atoms with Gasteiger partial charge in [0.2, 0.25) is 0 Å². The second kappa shape index (κ2) is 6.66. The minimum atomic E-state index is -0.624. The van der Waals surface area contributed by atoms with Crippen molar-refractivity contribution in [2.45, 2.75) is 45.4 Å². The molecular formula is C14H23NO2. The van der Waals surface area contributed by atoms with Gasteiger partial charge in [-0.15, -0.1) is 12.3 Å². The number of nitrogens with zero attached hydrogens (tertiary/aromatic N) is 1. The highest BCUT2D eigenvalue weighted by Crippen LogP contribution is 2.35. The summed E-state index contributed by atoms with van der Waals surface area (Å²) in [6.07, 6.45) is 10.5. The summed E-state index contributed by atoms with van der Waals surface area (Å²) in [5, 5.41) is 9.45. The van der Waals surface area contributed by atoms with Crippen LogP contribution in [-0.4, -0.2) is 35.6 Å². The standard InChI is InChI=1S/C14H23NO2/c1-3-5-6-10-15-11-7-9-14(12-15,8-4-2)13(16)17/h1H,4-12H2,2H3,(H,16,17). The Kier molecular flexibility index (Phi) is 5.50. The van der Waals surface area contributed by atoms with Crippen LogP contribution in [0.25, 0.3) is 0 Å². The smallest absolute Gasteiger partial charge is 0.310 e. The average molecular weight is 237 g/mol. The molecule has 0 aromatic rings. The predicted molar refractivity (Wildman–Crippen MR) is 68.7 cm³/mol. The van der Waals surface area contributed by atoms with Crippen molar-refractivity contribution in [2.75, 3.05) is 19.6 Å². The third-order valence-corrected chi connectivity index (χ3v) is 3.63. The predicted octanol–water partition coefficient (Wildman–Crippen LogP) is 2.37. The second-order valence-corrected chi connectivity index (χ2v) is 5.02. The van der Waals surface area contributed by atoms with Crippen LogP contribution in [0, 0.1) is 17.8 Å². The SMILES string of the molecule is C#CCCCN1CCCC(CCC)(C(=O)O)C1. The van der Waals surface area contributed by atoms with E-state index in [0.717, 1.165) is 51.6 Å². The zero-order chi connectivity index (χ0) is 12.7. The lowest BCUT2D eigenvalue weighted by molar-refractivity contribution is -0.153. The van der Waals surface area contributed by atoms with Gasteiger partial charge < -0.3 is 10.0 Å². The van der Waals surface area contributed by atoms with Crippen LogP contribution in [0.5, 0.6) is 0 Å². The summed E-state index contributed by atoms with van der Waals surface area (Å²) in [7, 11) is 0. The van der Waals surface area contributed by atoms with Gasteiger partial charge in [0.05, 0.1) is 5.41 Å². The molecule has 1 N–H and O–H groups in total. The van der Waals surface area contributed by atoms with Gasteiger partial charge in [-0.25, -0.2) is 0 Å². The molecule has 1 rings (SSSR count). The zero-order valence-corrected chi connectivity index (χ0v) is 10.7. The van der Waals surface area contributed by atoms with Crippen LogP contribution in [0.15, 0.2) is 0 Å². The summed E-state index contributed by atoms with van der Waals surface area (Å²) < 4.78 is 0. The molecule has 0 radical (unpaired) electrons. The van der Waals surface area contributed by atoms with Gasteiger partial charge in [-0.2, -0.15) is 0 Å². The number of carboxylic acids is 1. The van der Waals surface area contributed by atoms with Gasteiger partial charge in [0.25, 0.3) is 0 Å². The molecule has 0 aliphatic carbocycles. The van der Waals surface area contributed by atoms with E-state index in [0.29, 0.717) is 6.54 Å². The number of aliphatic carboxylic acids is 1. The molecule has 17 heavy (non-hydrogen) atoms. The minimum absolute atomic E-state index is 0.511. The van der Waals surface area contributed by atoms with E-state index in [1.54, 1.807) is 0 Å². The van der Waals surface area contributed by atoms with Gasteiger partial charge in [-0.3, -0.25) is 4.79 Å². The topological polar surface area (TPSA) is 40.5 Å². The molecule has 1 saturated heterocycles. The van der Waals surface area contributed by atoms with Gasteiger partial charge in [-0.1, -0.05) is 13.3 Å². The molecule has 0 aromatic heterocycles. The molecule has 1 heterocycles. The lowest BCUT2D eigenvalue weighted by atomic mass is 9.76. The first-order valence-electron chi connectivity index (χ1n) is 6.54. The maximum Gasteiger partial charge on any atom is 0.310 e. The molecule has 1 unspecified atom stereocenters. The van der Waals surface area contributed by atoms with E-state index in [2.05, 4.69) is 17.7 Å². The molecule has 0 saturated carbocycles. The van der Waals surface area contributed by atoms with Crippen LogP contribution >= 0.6 is 0 Å². The van der Waals surface area contributed by atoms with Gasteiger partial charge in [0, 0.05) is 13.0 Å². The first-order chi connectivity index (χ1) is 8.14. The normalized spacial score (nSPS) is 25.4. The van der Waals surface area contributed by atoms with Crippen molar-refractivity contribution in [3.8, 4) is 12.3 Å². The molecule has 1 atom stereocenters. The molecule has 1 aliphatic heterocycles. The summed E-state index contributed by atoms with van der Waals surface area (Å²) in [6.45, 7) is 4.70. The van der Waals surface area contributed by atoms with Crippen molar-refractivity contribution in [1.29, 1.82) is 0 Å². The number of carboxylic acid groups (broad SMARTS) is 1. The Bertz CT molecular complexity index is 291. The van der Waals surface area contributed by atoms with Crippen molar-refractivity contribution in [1.82, 2.24) is 4.90 Å². The Hall–Kier alpha value is -1.01. The number of terminal acetylenes is 1. The van der Waals surface area contributed by atoms with Crippen LogP contribution in [0.2, 0.25) is 0 Å². The molecule has 3 nitrogen and oxygen atoms in total. The maximum absolute atomic E-state index is 11.5. The fourth-order valence-corrected chi connectivity index (χ4v) is 2.79. The highest BCUT2D eigenvalue weighted by atomic mass is 16.4. The van der Waals surface area contributed by atoms with Crippen molar-refractivity contribution in [2.24, 2.45) is 5.41 Å². The average Bonchev–Trinajstić information content (AvgIpc) is 2.30. The molecule has 0 spiro atoms. The third-order valence-electron chi connectivity index (χ3n) is 3.63. The Morgan fingerprint density at radius 3 is 2.94 bits per heavy atom. The number of rotatable bonds is 6. The van der Waals surface area contributed by atoms with E-state index in [1.807, 2.05) is 0 Å². The lowest BCUT2D eigenvalue weighted by Crippen LogP contribution is -2.48. The van der Waals surface area contributed by atoms with Crippen molar-refractivity contribution < 1.29 is 9.90 Å². The second-order valence-electron chi connectivity index (χ2n) is 5.02. The van der Waals surface area contributed by atoms with Crippen LogP contribution in [0.3, 0.4) is 0 Å². The number of carbonyl (C=O) groups is 1. The Morgan fingerprint density at radius 1 is 1.59 bits per heavy atom. The molecule has 96 valence electrons. The number of unbranched alkanes of at least 4 members (excludes halogenated alkanes) is 1. The monoisotopic (exact) mass is 237 g/mol. The summed E-state index contributed by atoms with van der Waals surface area (Å²) in [5.74, 6) is 2.01. The van der Waals surface area contributed by atoms with E-state index in [9.17, 15) is 9.90 Å². The molecule has 0 bridgehead atoms. The lowest BCUT2D eigenvalue weighted by Gasteiger charge is -2.40. The van der Waals surface area contributed by atoms with Crippen molar-refractivity contribution >= 4 is 5.97 Å². The summed E-state index contributed by atoms with van der Waals surface area (Å²) >= 11 is 0. The number of piperidine rings is 1. The molecule has 0 amide bonds. The third kappa shape index (κ3) is 3.74. The van der Waals surface area contributed by atoms with E-state index < -0.39 is 11.4 Å². The van der Waals surface area contributed by atoms with Gasteiger partial charge >= 0.3 is 5.97 Å².